The highest BCUT2D eigenvalue weighted by Crippen LogP contribution is 2.51. The third kappa shape index (κ3) is 1.11. The van der Waals surface area contributed by atoms with Crippen molar-refractivity contribution in [2.45, 2.75) is 36.9 Å². The summed E-state index contributed by atoms with van der Waals surface area (Å²) in [5, 5.41) is 21.3. The van der Waals surface area contributed by atoms with Crippen LogP contribution in [0.1, 0.15) is 24.8 Å². The monoisotopic (exact) mass is 205 g/mol. The maximum atomic E-state index is 10.1. The van der Waals surface area contributed by atoms with E-state index < -0.39 is 0 Å². The lowest BCUT2D eigenvalue weighted by atomic mass is 9.81. The molecule has 0 aromatic heterocycles. The van der Waals surface area contributed by atoms with Crippen LogP contribution in [0, 0.1) is 0 Å². The Kier molecular flexibility index (Phi) is 1.89. The molecular formula is C12H15NO2. The fraction of sp³-hybridized carbons (Fsp3) is 0.500. The number of aliphatic hydroxyl groups is 1. The SMILES string of the molecule is OC1CC2(c3ccccc3)CCC1N2O. The summed E-state index contributed by atoms with van der Waals surface area (Å²) in [6.45, 7) is 0. The molecule has 0 saturated carbocycles. The van der Waals surface area contributed by atoms with E-state index in [0.717, 1.165) is 18.4 Å². The number of hydrogen-bond acceptors (Lipinski definition) is 3. The van der Waals surface area contributed by atoms with E-state index in [1.165, 1.54) is 5.06 Å². The Balaban J connectivity index is 2.05. The zero-order chi connectivity index (χ0) is 10.5. The number of aliphatic hydroxyl groups excluding tert-OH is 1. The third-order valence-corrected chi connectivity index (χ3v) is 3.91. The molecule has 2 fully saturated rings. The Labute approximate surface area is 88.9 Å². The number of rotatable bonds is 1. The largest absolute Gasteiger partial charge is 0.391 e. The smallest absolute Gasteiger partial charge is 0.0740 e. The second-order valence-corrected chi connectivity index (χ2v) is 4.62. The van der Waals surface area contributed by atoms with Crippen LogP contribution in [0.15, 0.2) is 30.3 Å². The van der Waals surface area contributed by atoms with Gasteiger partial charge in [-0.15, -0.1) is 0 Å². The molecule has 3 heteroatoms. The Morgan fingerprint density at radius 3 is 2.53 bits per heavy atom. The molecule has 2 aliphatic heterocycles. The minimum Gasteiger partial charge on any atom is -0.391 e. The van der Waals surface area contributed by atoms with Crippen molar-refractivity contribution >= 4 is 0 Å². The van der Waals surface area contributed by atoms with Crippen molar-refractivity contribution in [3.05, 3.63) is 35.9 Å². The van der Waals surface area contributed by atoms with E-state index in [9.17, 15) is 10.3 Å². The van der Waals surface area contributed by atoms with Crippen LogP contribution in [0.5, 0.6) is 0 Å². The molecule has 2 heterocycles. The predicted molar refractivity (Wildman–Crippen MR) is 55.4 cm³/mol. The minimum absolute atomic E-state index is 0.0646. The lowest BCUT2D eigenvalue weighted by Crippen LogP contribution is -2.35. The van der Waals surface area contributed by atoms with Gasteiger partial charge < -0.3 is 10.3 Å². The molecule has 2 N–H and O–H groups in total. The van der Waals surface area contributed by atoms with Crippen LogP contribution in [0.3, 0.4) is 0 Å². The van der Waals surface area contributed by atoms with E-state index in [-0.39, 0.29) is 17.7 Å². The van der Waals surface area contributed by atoms with E-state index in [0.29, 0.717) is 6.42 Å². The van der Waals surface area contributed by atoms with E-state index >= 15 is 0 Å². The zero-order valence-corrected chi connectivity index (χ0v) is 8.50. The number of nitrogens with zero attached hydrogens (tertiary/aromatic N) is 1. The van der Waals surface area contributed by atoms with Crippen molar-refractivity contribution < 1.29 is 10.3 Å². The molecule has 3 nitrogen and oxygen atoms in total. The Morgan fingerprint density at radius 2 is 2.00 bits per heavy atom. The van der Waals surface area contributed by atoms with Crippen LogP contribution >= 0.6 is 0 Å². The normalized spacial score (nSPS) is 39.9. The minimum atomic E-state index is -0.385. The van der Waals surface area contributed by atoms with Crippen molar-refractivity contribution in [1.29, 1.82) is 0 Å². The molecule has 3 unspecified atom stereocenters. The summed E-state index contributed by atoms with van der Waals surface area (Å²) in [6.07, 6.45) is 2.09. The first kappa shape index (κ1) is 9.33. The fourth-order valence-electron chi connectivity index (χ4n) is 3.12. The van der Waals surface area contributed by atoms with Crippen LogP contribution in [-0.4, -0.2) is 27.5 Å². The highest BCUT2D eigenvalue weighted by molar-refractivity contribution is 5.29. The molecule has 2 bridgehead atoms. The van der Waals surface area contributed by atoms with Crippen molar-refractivity contribution in [1.82, 2.24) is 5.06 Å². The molecule has 0 spiro atoms. The summed E-state index contributed by atoms with van der Waals surface area (Å²) in [7, 11) is 0. The van der Waals surface area contributed by atoms with Crippen molar-refractivity contribution in [3.8, 4) is 0 Å². The van der Waals surface area contributed by atoms with E-state index in [1.54, 1.807) is 0 Å². The van der Waals surface area contributed by atoms with Gasteiger partial charge in [-0.25, -0.2) is 0 Å². The summed E-state index contributed by atoms with van der Waals surface area (Å²) in [6, 6.07) is 9.93. The zero-order valence-electron chi connectivity index (χ0n) is 8.50. The van der Waals surface area contributed by atoms with E-state index in [2.05, 4.69) is 0 Å². The van der Waals surface area contributed by atoms with Gasteiger partial charge in [-0.3, -0.25) is 0 Å². The molecule has 0 amide bonds. The molecule has 1 aromatic rings. The van der Waals surface area contributed by atoms with Crippen molar-refractivity contribution in [2.75, 3.05) is 0 Å². The van der Waals surface area contributed by atoms with Gasteiger partial charge in [0.1, 0.15) is 0 Å². The van der Waals surface area contributed by atoms with Crippen molar-refractivity contribution in [3.63, 3.8) is 0 Å². The quantitative estimate of drug-likeness (QED) is 0.730. The van der Waals surface area contributed by atoms with Crippen LogP contribution in [0.25, 0.3) is 0 Å². The predicted octanol–water partition coefficient (Wildman–Crippen LogP) is 1.50. The number of fused-ring (bicyclic) bond motifs is 2. The van der Waals surface area contributed by atoms with Gasteiger partial charge in [-0.05, 0) is 24.8 Å². The topological polar surface area (TPSA) is 43.7 Å². The molecule has 2 aliphatic rings. The Bertz CT molecular complexity index is 367. The second-order valence-electron chi connectivity index (χ2n) is 4.62. The van der Waals surface area contributed by atoms with E-state index in [1.807, 2.05) is 30.3 Å². The average molecular weight is 205 g/mol. The molecule has 2 saturated heterocycles. The van der Waals surface area contributed by atoms with Crippen LogP contribution < -0.4 is 0 Å². The molecular weight excluding hydrogens is 190 g/mol. The first-order chi connectivity index (χ1) is 7.24. The summed E-state index contributed by atoms with van der Waals surface area (Å²) in [4.78, 5) is 0. The van der Waals surface area contributed by atoms with Gasteiger partial charge in [0.25, 0.3) is 0 Å². The maximum Gasteiger partial charge on any atom is 0.0740 e. The summed E-state index contributed by atoms with van der Waals surface area (Å²) < 4.78 is 0. The fourth-order valence-corrected chi connectivity index (χ4v) is 3.12. The lowest BCUT2D eigenvalue weighted by Gasteiger charge is -2.30. The molecule has 1 aromatic carbocycles. The van der Waals surface area contributed by atoms with Crippen molar-refractivity contribution in [2.24, 2.45) is 0 Å². The summed E-state index contributed by atoms with van der Waals surface area (Å²) in [5.41, 5.74) is 0.789. The molecule has 0 radical (unpaired) electrons. The van der Waals surface area contributed by atoms with Gasteiger partial charge in [-0.2, -0.15) is 5.06 Å². The van der Waals surface area contributed by atoms with Gasteiger partial charge in [0.15, 0.2) is 0 Å². The molecule has 80 valence electrons. The Morgan fingerprint density at radius 1 is 1.27 bits per heavy atom. The van der Waals surface area contributed by atoms with Gasteiger partial charge in [0.05, 0.1) is 17.7 Å². The third-order valence-electron chi connectivity index (χ3n) is 3.91. The van der Waals surface area contributed by atoms with Gasteiger partial charge in [0.2, 0.25) is 0 Å². The second kappa shape index (κ2) is 3.04. The highest BCUT2D eigenvalue weighted by atomic mass is 16.5. The molecule has 3 rings (SSSR count). The highest BCUT2D eigenvalue weighted by Gasteiger charge is 2.57. The molecule has 3 atom stereocenters. The molecule has 15 heavy (non-hydrogen) atoms. The average Bonchev–Trinajstić information content (AvgIpc) is 2.71. The first-order valence-corrected chi connectivity index (χ1v) is 5.46. The van der Waals surface area contributed by atoms with Gasteiger partial charge in [-0.1, -0.05) is 30.3 Å². The first-order valence-electron chi connectivity index (χ1n) is 5.46. The molecule has 0 aliphatic carbocycles. The van der Waals surface area contributed by atoms with Gasteiger partial charge >= 0.3 is 0 Å². The maximum absolute atomic E-state index is 10.1. The number of hydrogen-bond donors (Lipinski definition) is 2. The summed E-state index contributed by atoms with van der Waals surface area (Å²) in [5.74, 6) is 0. The lowest BCUT2D eigenvalue weighted by molar-refractivity contribution is -0.156. The standard InChI is InChI=1S/C12H15NO2/c14-11-8-12(7-6-10(11)13(12)15)9-4-2-1-3-5-9/h1-5,10-11,14-15H,6-8H2. The Hall–Kier alpha value is -0.900. The number of hydroxylamine groups is 2. The summed E-state index contributed by atoms with van der Waals surface area (Å²) >= 11 is 0. The van der Waals surface area contributed by atoms with Crippen LogP contribution in [0.4, 0.5) is 0 Å². The van der Waals surface area contributed by atoms with Crippen LogP contribution in [-0.2, 0) is 5.54 Å². The van der Waals surface area contributed by atoms with Gasteiger partial charge in [0, 0.05) is 0 Å². The number of benzene rings is 1. The van der Waals surface area contributed by atoms with Crippen LogP contribution in [0.2, 0.25) is 0 Å². The van der Waals surface area contributed by atoms with E-state index in [4.69, 9.17) is 0 Å².